The smallest absolute Gasteiger partial charge is 0.217 e. The molecule has 1 aliphatic rings. The van der Waals surface area contributed by atoms with E-state index in [2.05, 4.69) is 46.4 Å². The van der Waals surface area contributed by atoms with Crippen LogP contribution in [-0.4, -0.2) is 41.5 Å². The number of amides is 1. The number of carbonyl (C=O) groups excluding carboxylic acids is 1. The average molecular weight is 299 g/mol. The third-order valence-electron chi connectivity index (χ3n) is 4.70. The SMILES string of the molecule is CC(=O)NC1CCN(CCc2c(C)[nH]c3ccccc23)CC1. The second-order valence-corrected chi connectivity index (χ2v) is 6.34. The maximum atomic E-state index is 11.1. The first-order chi connectivity index (χ1) is 10.6. The third-order valence-corrected chi connectivity index (χ3v) is 4.70. The van der Waals surface area contributed by atoms with Gasteiger partial charge in [0.05, 0.1) is 0 Å². The highest BCUT2D eigenvalue weighted by molar-refractivity contribution is 5.84. The predicted molar refractivity (Wildman–Crippen MR) is 90.0 cm³/mol. The maximum Gasteiger partial charge on any atom is 0.217 e. The lowest BCUT2D eigenvalue weighted by molar-refractivity contribution is -0.119. The zero-order chi connectivity index (χ0) is 15.5. The molecular formula is C18H25N3O. The van der Waals surface area contributed by atoms with Gasteiger partial charge in [-0.3, -0.25) is 4.79 Å². The van der Waals surface area contributed by atoms with Crippen molar-refractivity contribution in [3.63, 3.8) is 0 Å². The molecule has 0 radical (unpaired) electrons. The zero-order valence-electron chi connectivity index (χ0n) is 13.5. The number of carbonyl (C=O) groups is 1. The Morgan fingerprint density at radius 1 is 1.32 bits per heavy atom. The molecule has 0 bridgehead atoms. The number of H-pyrrole nitrogens is 1. The molecule has 1 aliphatic heterocycles. The van der Waals surface area contributed by atoms with Crippen LogP contribution in [0.5, 0.6) is 0 Å². The first kappa shape index (κ1) is 15.1. The molecule has 0 aliphatic carbocycles. The van der Waals surface area contributed by atoms with Crippen molar-refractivity contribution in [2.75, 3.05) is 19.6 Å². The second kappa shape index (κ2) is 6.53. The quantitative estimate of drug-likeness (QED) is 0.912. The number of nitrogens with zero attached hydrogens (tertiary/aromatic N) is 1. The van der Waals surface area contributed by atoms with Crippen LogP contribution in [0, 0.1) is 6.92 Å². The van der Waals surface area contributed by atoms with Gasteiger partial charge in [-0.25, -0.2) is 0 Å². The van der Waals surface area contributed by atoms with E-state index in [1.54, 1.807) is 6.92 Å². The number of aromatic amines is 1. The Morgan fingerprint density at radius 2 is 2.05 bits per heavy atom. The van der Waals surface area contributed by atoms with Crippen molar-refractivity contribution < 1.29 is 4.79 Å². The van der Waals surface area contributed by atoms with Crippen LogP contribution in [0.3, 0.4) is 0 Å². The summed E-state index contributed by atoms with van der Waals surface area (Å²) >= 11 is 0. The molecule has 4 nitrogen and oxygen atoms in total. The minimum atomic E-state index is 0.0906. The van der Waals surface area contributed by atoms with Gasteiger partial charge < -0.3 is 15.2 Å². The topological polar surface area (TPSA) is 48.1 Å². The van der Waals surface area contributed by atoms with Gasteiger partial charge in [0, 0.05) is 49.2 Å². The molecule has 4 heteroatoms. The first-order valence-electron chi connectivity index (χ1n) is 8.19. The minimum absolute atomic E-state index is 0.0906. The van der Waals surface area contributed by atoms with Gasteiger partial charge in [0.1, 0.15) is 0 Å². The van der Waals surface area contributed by atoms with E-state index < -0.39 is 0 Å². The Kier molecular flexibility index (Phi) is 4.48. The molecular weight excluding hydrogens is 274 g/mol. The van der Waals surface area contributed by atoms with Gasteiger partial charge in [-0.1, -0.05) is 18.2 Å². The lowest BCUT2D eigenvalue weighted by Gasteiger charge is -2.32. The summed E-state index contributed by atoms with van der Waals surface area (Å²) in [5.74, 6) is 0.0906. The van der Waals surface area contributed by atoms with Crippen LogP contribution < -0.4 is 5.32 Å². The van der Waals surface area contributed by atoms with Crippen molar-refractivity contribution in [3.8, 4) is 0 Å². The summed E-state index contributed by atoms with van der Waals surface area (Å²) in [5.41, 5.74) is 3.97. The molecule has 2 heterocycles. The average Bonchev–Trinajstić information content (AvgIpc) is 2.81. The first-order valence-corrected chi connectivity index (χ1v) is 8.19. The molecule has 118 valence electrons. The monoisotopic (exact) mass is 299 g/mol. The van der Waals surface area contributed by atoms with Crippen LogP contribution >= 0.6 is 0 Å². The fraction of sp³-hybridized carbons (Fsp3) is 0.500. The van der Waals surface area contributed by atoms with Gasteiger partial charge in [-0.2, -0.15) is 0 Å². The summed E-state index contributed by atoms with van der Waals surface area (Å²) in [7, 11) is 0. The van der Waals surface area contributed by atoms with Gasteiger partial charge in [-0.15, -0.1) is 0 Å². The van der Waals surface area contributed by atoms with E-state index in [0.717, 1.165) is 38.9 Å². The highest BCUT2D eigenvalue weighted by atomic mass is 16.1. The summed E-state index contributed by atoms with van der Waals surface area (Å²) in [4.78, 5) is 17.1. The number of hydrogen-bond acceptors (Lipinski definition) is 2. The molecule has 0 saturated carbocycles. The molecule has 1 fully saturated rings. The van der Waals surface area contributed by atoms with Crippen molar-refractivity contribution in [2.24, 2.45) is 0 Å². The molecule has 3 rings (SSSR count). The largest absolute Gasteiger partial charge is 0.358 e. The molecule has 2 N–H and O–H groups in total. The molecule has 1 aromatic carbocycles. The van der Waals surface area contributed by atoms with Crippen LogP contribution in [0.25, 0.3) is 10.9 Å². The van der Waals surface area contributed by atoms with Gasteiger partial charge in [-0.05, 0) is 37.8 Å². The summed E-state index contributed by atoms with van der Waals surface area (Å²) in [6.45, 7) is 7.01. The van der Waals surface area contributed by atoms with E-state index in [9.17, 15) is 4.79 Å². The Hall–Kier alpha value is -1.81. The number of hydrogen-bond donors (Lipinski definition) is 2. The summed E-state index contributed by atoms with van der Waals surface area (Å²) in [5, 5.41) is 4.39. The van der Waals surface area contributed by atoms with Crippen LogP contribution in [0.1, 0.15) is 31.0 Å². The second-order valence-electron chi connectivity index (χ2n) is 6.34. The fourth-order valence-corrected chi connectivity index (χ4v) is 3.52. The molecule has 22 heavy (non-hydrogen) atoms. The maximum absolute atomic E-state index is 11.1. The third kappa shape index (κ3) is 3.33. The molecule has 1 aromatic heterocycles. The standard InChI is InChI=1S/C18H25N3O/c1-13-16(17-5-3-4-6-18(17)19-13)9-12-21-10-7-15(8-11-21)20-14(2)22/h3-6,15,19H,7-12H2,1-2H3,(H,20,22). The van der Waals surface area contributed by atoms with Crippen molar-refractivity contribution >= 4 is 16.8 Å². The van der Waals surface area contributed by atoms with E-state index in [1.807, 2.05) is 0 Å². The Bertz CT molecular complexity index is 653. The van der Waals surface area contributed by atoms with Crippen molar-refractivity contribution in [2.45, 2.75) is 39.2 Å². The van der Waals surface area contributed by atoms with Gasteiger partial charge in [0.2, 0.25) is 5.91 Å². The Labute approximate surface area is 131 Å². The molecule has 0 unspecified atom stereocenters. The van der Waals surface area contributed by atoms with Gasteiger partial charge >= 0.3 is 0 Å². The summed E-state index contributed by atoms with van der Waals surface area (Å²) in [6, 6.07) is 8.90. The molecule has 1 saturated heterocycles. The highest BCUT2D eigenvalue weighted by Gasteiger charge is 2.20. The summed E-state index contributed by atoms with van der Waals surface area (Å²) < 4.78 is 0. The number of likely N-dealkylation sites (tertiary alicyclic amines) is 1. The zero-order valence-corrected chi connectivity index (χ0v) is 13.5. The summed E-state index contributed by atoms with van der Waals surface area (Å²) in [6.07, 6.45) is 3.21. The van der Waals surface area contributed by atoms with Gasteiger partial charge in [0.15, 0.2) is 0 Å². The number of piperidine rings is 1. The van der Waals surface area contributed by atoms with E-state index >= 15 is 0 Å². The van der Waals surface area contributed by atoms with Crippen molar-refractivity contribution in [1.29, 1.82) is 0 Å². The number of benzene rings is 1. The van der Waals surface area contributed by atoms with E-state index in [4.69, 9.17) is 0 Å². The lowest BCUT2D eigenvalue weighted by atomic mass is 10.0. The normalized spacial score (nSPS) is 17.0. The molecule has 2 aromatic rings. The van der Waals surface area contributed by atoms with Crippen LogP contribution in [0.15, 0.2) is 24.3 Å². The predicted octanol–water partition coefficient (Wildman–Crippen LogP) is 2.62. The number of aromatic nitrogens is 1. The van der Waals surface area contributed by atoms with Crippen molar-refractivity contribution in [3.05, 3.63) is 35.5 Å². The van der Waals surface area contributed by atoms with E-state index in [1.165, 1.54) is 22.2 Å². The fourth-order valence-electron chi connectivity index (χ4n) is 3.52. The number of aryl methyl sites for hydroxylation is 1. The Balaban J connectivity index is 1.57. The van der Waals surface area contributed by atoms with E-state index in [0.29, 0.717) is 6.04 Å². The lowest BCUT2D eigenvalue weighted by Crippen LogP contribution is -2.44. The minimum Gasteiger partial charge on any atom is -0.358 e. The Morgan fingerprint density at radius 3 is 2.77 bits per heavy atom. The van der Waals surface area contributed by atoms with E-state index in [-0.39, 0.29) is 5.91 Å². The van der Waals surface area contributed by atoms with Gasteiger partial charge in [0.25, 0.3) is 0 Å². The number of para-hydroxylation sites is 1. The number of nitrogens with one attached hydrogen (secondary N) is 2. The molecule has 1 amide bonds. The van der Waals surface area contributed by atoms with Crippen LogP contribution in [-0.2, 0) is 11.2 Å². The van der Waals surface area contributed by atoms with Crippen LogP contribution in [0.4, 0.5) is 0 Å². The van der Waals surface area contributed by atoms with Crippen LogP contribution in [0.2, 0.25) is 0 Å². The number of fused-ring (bicyclic) bond motifs is 1. The highest BCUT2D eigenvalue weighted by Crippen LogP contribution is 2.23. The molecule has 0 spiro atoms. The van der Waals surface area contributed by atoms with Crippen molar-refractivity contribution in [1.82, 2.24) is 15.2 Å². The number of rotatable bonds is 4. The molecule has 0 atom stereocenters.